The highest BCUT2D eigenvalue weighted by molar-refractivity contribution is 7.99. The molecule has 2 aromatic carbocycles. The van der Waals surface area contributed by atoms with E-state index >= 15 is 0 Å². The smallest absolute Gasteiger partial charge is 0.267 e. The SMILES string of the molecule is CCN1CCc2c(sc3nc(SCC(=O)c4ccccc4)n(-c4ccc(OC)cc4)c(=O)c23)C1. The second kappa shape index (κ2) is 9.74. The van der Waals surface area contributed by atoms with E-state index in [1.54, 1.807) is 23.0 Å². The molecule has 0 N–H and O–H groups in total. The molecule has 1 aliphatic heterocycles. The Kier molecular flexibility index (Phi) is 6.54. The fraction of sp³-hybridized carbons (Fsp3) is 0.269. The minimum Gasteiger partial charge on any atom is -0.497 e. The number of benzene rings is 2. The van der Waals surface area contributed by atoms with Crippen LogP contribution in [0.1, 0.15) is 27.7 Å². The topological polar surface area (TPSA) is 64.4 Å². The molecule has 0 aliphatic carbocycles. The Balaban J connectivity index is 1.60. The zero-order valence-electron chi connectivity index (χ0n) is 19.1. The summed E-state index contributed by atoms with van der Waals surface area (Å²) in [7, 11) is 1.61. The van der Waals surface area contributed by atoms with Crippen LogP contribution in [0.5, 0.6) is 5.75 Å². The largest absolute Gasteiger partial charge is 0.497 e. The van der Waals surface area contributed by atoms with Crippen molar-refractivity contribution >= 4 is 39.1 Å². The number of hydrogen-bond acceptors (Lipinski definition) is 7. The average molecular weight is 492 g/mol. The van der Waals surface area contributed by atoms with Gasteiger partial charge in [0.05, 0.1) is 23.9 Å². The summed E-state index contributed by atoms with van der Waals surface area (Å²) in [6, 6.07) is 16.6. The molecule has 4 aromatic rings. The predicted octanol–water partition coefficient (Wildman–Crippen LogP) is 4.81. The molecule has 0 atom stereocenters. The van der Waals surface area contributed by atoms with E-state index in [0.717, 1.165) is 36.4 Å². The fourth-order valence-corrected chi connectivity index (χ4v) is 6.45. The molecule has 0 amide bonds. The van der Waals surface area contributed by atoms with Crippen LogP contribution in [0.25, 0.3) is 15.9 Å². The molecular formula is C26H25N3O3S2. The monoisotopic (exact) mass is 491 g/mol. The maximum Gasteiger partial charge on any atom is 0.267 e. The third-order valence-electron chi connectivity index (χ3n) is 6.13. The second-order valence-corrected chi connectivity index (χ2v) is 10.1. The number of carbonyl (C=O) groups is 1. The van der Waals surface area contributed by atoms with Gasteiger partial charge < -0.3 is 4.74 Å². The molecule has 6 nitrogen and oxygen atoms in total. The van der Waals surface area contributed by atoms with Crippen LogP contribution >= 0.6 is 23.1 Å². The number of ether oxygens (including phenoxy) is 1. The molecule has 34 heavy (non-hydrogen) atoms. The fourth-order valence-electron chi connectivity index (χ4n) is 4.24. The minimum atomic E-state index is -0.0766. The lowest BCUT2D eigenvalue weighted by molar-refractivity contribution is 0.102. The van der Waals surface area contributed by atoms with Crippen LogP contribution in [0.15, 0.2) is 64.5 Å². The van der Waals surface area contributed by atoms with Crippen LogP contribution in [0, 0.1) is 0 Å². The maximum absolute atomic E-state index is 13.9. The van der Waals surface area contributed by atoms with E-state index in [1.165, 1.54) is 16.6 Å². The second-order valence-electron chi connectivity index (χ2n) is 8.11. The molecular weight excluding hydrogens is 466 g/mol. The Bertz CT molecular complexity index is 1400. The van der Waals surface area contributed by atoms with Gasteiger partial charge in [0.2, 0.25) is 0 Å². The lowest BCUT2D eigenvalue weighted by Gasteiger charge is -2.25. The molecule has 3 heterocycles. The van der Waals surface area contributed by atoms with Crippen molar-refractivity contribution in [3.05, 3.63) is 81.0 Å². The summed E-state index contributed by atoms with van der Waals surface area (Å²) in [6.45, 7) is 4.94. The molecule has 0 bridgehead atoms. The number of thioether (sulfide) groups is 1. The molecule has 0 radical (unpaired) electrons. The number of Topliss-reactive ketones (excluding diaryl/α,β-unsaturated/α-hetero) is 1. The van der Waals surface area contributed by atoms with Crippen LogP contribution in [0.4, 0.5) is 0 Å². The zero-order valence-corrected chi connectivity index (χ0v) is 20.7. The Morgan fingerprint density at radius 2 is 1.91 bits per heavy atom. The molecule has 1 aliphatic rings. The number of nitrogens with zero attached hydrogens (tertiary/aromatic N) is 3. The Labute approximate surface area is 206 Å². The van der Waals surface area contributed by atoms with Crippen LogP contribution < -0.4 is 10.3 Å². The van der Waals surface area contributed by atoms with Crippen molar-refractivity contribution in [1.82, 2.24) is 14.5 Å². The van der Waals surface area contributed by atoms with Gasteiger partial charge in [0.25, 0.3) is 5.56 Å². The van der Waals surface area contributed by atoms with E-state index in [0.29, 0.717) is 27.5 Å². The molecule has 2 aromatic heterocycles. The van der Waals surface area contributed by atoms with Crippen molar-refractivity contribution in [1.29, 1.82) is 0 Å². The lowest BCUT2D eigenvalue weighted by atomic mass is 10.1. The molecule has 0 unspecified atom stereocenters. The summed E-state index contributed by atoms with van der Waals surface area (Å²) in [6.07, 6.45) is 0.849. The third-order valence-corrected chi connectivity index (χ3v) is 8.18. The molecule has 0 saturated carbocycles. The van der Waals surface area contributed by atoms with E-state index in [9.17, 15) is 9.59 Å². The first-order valence-corrected chi connectivity index (χ1v) is 13.0. The number of hydrogen-bond donors (Lipinski definition) is 0. The van der Waals surface area contributed by atoms with Gasteiger partial charge in [-0.3, -0.25) is 19.1 Å². The van der Waals surface area contributed by atoms with Gasteiger partial charge in [0, 0.05) is 23.5 Å². The molecule has 8 heteroatoms. The van der Waals surface area contributed by atoms with Gasteiger partial charge in [0.1, 0.15) is 10.6 Å². The highest BCUT2D eigenvalue weighted by atomic mass is 32.2. The highest BCUT2D eigenvalue weighted by Gasteiger charge is 2.25. The summed E-state index contributed by atoms with van der Waals surface area (Å²) in [5.41, 5.74) is 2.41. The lowest BCUT2D eigenvalue weighted by Crippen LogP contribution is -2.30. The predicted molar refractivity (Wildman–Crippen MR) is 138 cm³/mol. The number of carbonyl (C=O) groups excluding carboxylic acids is 1. The minimum absolute atomic E-state index is 0.00490. The van der Waals surface area contributed by atoms with Crippen molar-refractivity contribution in [2.45, 2.75) is 25.0 Å². The van der Waals surface area contributed by atoms with Crippen molar-refractivity contribution in [2.24, 2.45) is 0 Å². The summed E-state index contributed by atoms with van der Waals surface area (Å²) in [4.78, 5) is 35.9. The number of aromatic nitrogens is 2. The van der Waals surface area contributed by atoms with Crippen LogP contribution in [0.3, 0.4) is 0 Å². The van der Waals surface area contributed by atoms with Crippen molar-refractivity contribution < 1.29 is 9.53 Å². The van der Waals surface area contributed by atoms with E-state index in [1.807, 2.05) is 54.6 Å². The Morgan fingerprint density at radius 1 is 1.15 bits per heavy atom. The number of fused-ring (bicyclic) bond motifs is 3. The van der Waals surface area contributed by atoms with Crippen LogP contribution in [-0.4, -0.2) is 46.2 Å². The zero-order chi connectivity index (χ0) is 23.7. The first kappa shape index (κ1) is 22.8. The van der Waals surface area contributed by atoms with Gasteiger partial charge in [-0.2, -0.15) is 0 Å². The molecule has 0 saturated heterocycles. The van der Waals surface area contributed by atoms with E-state index in [4.69, 9.17) is 9.72 Å². The Morgan fingerprint density at radius 3 is 2.62 bits per heavy atom. The van der Waals surface area contributed by atoms with Crippen LogP contribution in [0.2, 0.25) is 0 Å². The highest BCUT2D eigenvalue weighted by Crippen LogP contribution is 2.34. The van der Waals surface area contributed by atoms with Gasteiger partial charge >= 0.3 is 0 Å². The Hall–Kier alpha value is -2.94. The summed E-state index contributed by atoms with van der Waals surface area (Å²) < 4.78 is 6.93. The van der Waals surface area contributed by atoms with Crippen LogP contribution in [-0.2, 0) is 13.0 Å². The maximum atomic E-state index is 13.9. The van der Waals surface area contributed by atoms with E-state index in [-0.39, 0.29) is 17.1 Å². The normalized spacial score (nSPS) is 13.7. The molecule has 0 spiro atoms. The third kappa shape index (κ3) is 4.29. The van der Waals surface area contributed by atoms with Gasteiger partial charge in [0.15, 0.2) is 10.9 Å². The molecule has 0 fully saturated rings. The summed E-state index contributed by atoms with van der Waals surface area (Å²) in [5, 5.41) is 1.24. The van der Waals surface area contributed by atoms with Crippen molar-refractivity contribution in [3.63, 3.8) is 0 Å². The summed E-state index contributed by atoms with van der Waals surface area (Å²) in [5.74, 6) is 0.921. The van der Waals surface area contributed by atoms with Crippen molar-refractivity contribution in [3.8, 4) is 11.4 Å². The number of likely N-dealkylation sites (N-methyl/N-ethyl adjacent to an activating group) is 1. The number of rotatable bonds is 7. The summed E-state index contributed by atoms with van der Waals surface area (Å²) >= 11 is 2.91. The van der Waals surface area contributed by atoms with Gasteiger partial charge in [-0.25, -0.2) is 4.98 Å². The molecule has 174 valence electrons. The first-order valence-electron chi connectivity index (χ1n) is 11.2. The van der Waals surface area contributed by atoms with Crippen molar-refractivity contribution in [2.75, 3.05) is 26.0 Å². The number of ketones is 1. The quantitative estimate of drug-likeness (QED) is 0.210. The number of methoxy groups -OCH3 is 1. The van der Waals surface area contributed by atoms with E-state index in [2.05, 4.69) is 11.8 Å². The van der Waals surface area contributed by atoms with Gasteiger partial charge in [-0.15, -0.1) is 11.3 Å². The standard InChI is InChI=1S/C26H25N3O3S2/c1-3-28-14-13-20-22(15-28)34-24-23(20)25(31)29(18-9-11-19(32-2)12-10-18)26(27-24)33-16-21(30)17-7-5-4-6-8-17/h4-12H,3,13-16H2,1-2H3. The van der Waals surface area contributed by atoms with Gasteiger partial charge in [-0.1, -0.05) is 49.0 Å². The average Bonchev–Trinajstić information content (AvgIpc) is 3.25. The van der Waals surface area contributed by atoms with E-state index < -0.39 is 0 Å². The first-order chi connectivity index (χ1) is 16.6. The van der Waals surface area contributed by atoms with Gasteiger partial charge in [-0.05, 0) is 42.8 Å². The number of thiophene rings is 1. The molecule has 5 rings (SSSR count).